The minimum atomic E-state index is -0.0264. The van der Waals surface area contributed by atoms with Crippen LogP contribution in [0.15, 0.2) is 12.3 Å². The smallest absolute Gasteiger partial charge is 0.239 e. The number of nitrogens with two attached hydrogens (primary N) is 1. The van der Waals surface area contributed by atoms with Crippen LogP contribution in [0.4, 0.5) is 11.8 Å². The summed E-state index contributed by atoms with van der Waals surface area (Å²) in [6, 6.07) is 1.71. The maximum atomic E-state index is 11.4. The fraction of sp³-hybridized carbons (Fsp3) is 0.500. The van der Waals surface area contributed by atoms with Crippen LogP contribution in [0.25, 0.3) is 0 Å². The Morgan fingerprint density at radius 3 is 3.00 bits per heavy atom. The number of likely N-dealkylation sites (N-methyl/N-ethyl adjacent to an activating group) is 1. The molecule has 1 aromatic heterocycles. The van der Waals surface area contributed by atoms with Gasteiger partial charge in [0.15, 0.2) is 0 Å². The molecule has 0 saturated carbocycles. The highest BCUT2D eigenvalue weighted by atomic mass is 16.2. The Morgan fingerprint density at radius 1 is 1.62 bits per heavy atom. The van der Waals surface area contributed by atoms with Crippen molar-refractivity contribution in [2.75, 3.05) is 30.8 Å². The van der Waals surface area contributed by atoms with Gasteiger partial charge in [-0.2, -0.15) is 4.98 Å². The number of amides is 1. The first-order valence-corrected chi connectivity index (χ1v) is 5.20. The molecule has 1 amide bonds. The maximum Gasteiger partial charge on any atom is 0.239 e. The number of anilines is 2. The molecule has 1 aromatic rings. The normalized spacial score (nSPS) is 9.88. The Hall–Kier alpha value is -1.85. The van der Waals surface area contributed by atoms with Gasteiger partial charge in [-0.1, -0.05) is 6.92 Å². The summed E-state index contributed by atoms with van der Waals surface area (Å²) in [4.78, 5) is 21.0. The third-order valence-electron chi connectivity index (χ3n) is 2.00. The zero-order chi connectivity index (χ0) is 12.0. The predicted molar refractivity (Wildman–Crippen MR) is 63.0 cm³/mol. The average Bonchev–Trinajstić information content (AvgIpc) is 2.26. The standard InChI is InChI=1S/C10H17N5O/c1-3-5-12-9(16)7-15(2)8-4-6-13-10(11)14-8/h4,6H,3,5,7H2,1-2H3,(H,12,16)(H2,11,13,14). The zero-order valence-corrected chi connectivity index (χ0v) is 9.60. The van der Waals surface area contributed by atoms with Gasteiger partial charge in [-0.05, 0) is 12.5 Å². The number of rotatable bonds is 5. The van der Waals surface area contributed by atoms with Crippen molar-refractivity contribution in [2.24, 2.45) is 0 Å². The van der Waals surface area contributed by atoms with Gasteiger partial charge in [-0.15, -0.1) is 0 Å². The number of aromatic nitrogens is 2. The van der Waals surface area contributed by atoms with Gasteiger partial charge in [-0.3, -0.25) is 4.79 Å². The van der Waals surface area contributed by atoms with E-state index < -0.39 is 0 Å². The van der Waals surface area contributed by atoms with Crippen LogP contribution in [-0.2, 0) is 4.79 Å². The molecule has 0 fully saturated rings. The van der Waals surface area contributed by atoms with Crippen molar-refractivity contribution in [3.8, 4) is 0 Å². The van der Waals surface area contributed by atoms with E-state index in [-0.39, 0.29) is 18.4 Å². The van der Waals surface area contributed by atoms with Crippen LogP contribution in [0.3, 0.4) is 0 Å². The van der Waals surface area contributed by atoms with E-state index in [1.54, 1.807) is 24.2 Å². The molecule has 0 aliphatic carbocycles. The van der Waals surface area contributed by atoms with Gasteiger partial charge in [0.1, 0.15) is 5.82 Å². The second-order valence-electron chi connectivity index (χ2n) is 3.48. The molecule has 0 atom stereocenters. The number of carbonyl (C=O) groups is 1. The summed E-state index contributed by atoms with van der Waals surface area (Å²) in [5.41, 5.74) is 5.46. The molecule has 0 bridgehead atoms. The largest absolute Gasteiger partial charge is 0.368 e. The highest BCUT2D eigenvalue weighted by Gasteiger charge is 2.07. The van der Waals surface area contributed by atoms with E-state index >= 15 is 0 Å². The topological polar surface area (TPSA) is 84.1 Å². The minimum Gasteiger partial charge on any atom is -0.368 e. The zero-order valence-electron chi connectivity index (χ0n) is 9.60. The van der Waals surface area contributed by atoms with Crippen molar-refractivity contribution in [3.05, 3.63) is 12.3 Å². The first-order chi connectivity index (χ1) is 7.63. The Labute approximate surface area is 94.9 Å². The number of nitrogens with zero attached hydrogens (tertiary/aromatic N) is 3. The summed E-state index contributed by atoms with van der Waals surface area (Å²) < 4.78 is 0. The molecule has 6 nitrogen and oxygen atoms in total. The van der Waals surface area contributed by atoms with Crippen molar-refractivity contribution >= 4 is 17.7 Å². The van der Waals surface area contributed by atoms with Gasteiger partial charge in [0.25, 0.3) is 0 Å². The summed E-state index contributed by atoms with van der Waals surface area (Å²) in [5, 5.41) is 2.79. The summed E-state index contributed by atoms with van der Waals surface area (Å²) in [6.07, 6.45) is 2.49. The molecule has 0 aromatic carbocycles. The lowest BCUT2D eigenvalue weighted by atomic mass is 10.4. The van der Waals surface area contributed by atoms with Crippen molar-refractivity contribution < 1.29 is 4.79 Å². The van der Waals surface area contributed by atoms with Gasteiger partial charge in [-0.25, -0.2) is 4.98 Å². The Balaban J connectivity index is 2.52. The average molecular weight is 223 g/mol. The summed E-state index contributed by atoms with van der Waals surface area (Å²) >= 11 is 0. The van der Waals surface area contributed by atoms with E-state index in [2.05, 4.69) is 15.3 Å². The summed E-state index contributed by atoms with van der Waals surface area (Å²) in [6.45, 7) is 2.96. The third kappa shape index (κ3) is 3.72. The molecular formula is C10H17N5O. The minimum absolute atomic E-state index is 0.0264. The highest BCUT2D eigenvalue weighted by molar-refractivity contribution is 5.80. The monoisotopic (exact) mass is 223 g/mol. The Kier molecular flexibility index (Phi) is 4.50. The van der Waals surface area contributed by atoms with E-state index in [0.29, 0.717) is 12.4 Å². The summed E-state index contributed by atoms with van der Waals surface area (Å²) in [7, 11) is 1.79. The molecule has 0 aliphatic heterocycles. The molecule has 1 rings (SSSR count). The van der Waals surface area contributed by atoms with E-state index in [4.69, 9.17) is 5.73 Å². The maximum absolute atomic E-state index is 11.4. The number of hydrogen-bond donors (Lipinski definition) is 2. The first kappa shape index (κ1) is 12.2. The second-order valence-corrected chi connectivity index (χ2v) is 3.48. The molecule has 6 heteroatoms. The lowest BCUT2D eigenvalue weighted by Crippen LogP contribution is -2.35. The lowest BCUT2D eigenvalue weighted by Gasteiger charge is -2.17. The van der Waals surface area contributed by atoms with Crippen molar-refractivity contribution in [3.63, 3.8) is 0 Å². The van der Waals surface area contributed by atoms with Crippen LogP contribution in [0.2, 0.25) is 0 Å². The van der Waals surface area contributed by atoms with Crippen LogP contribution in [0, 0.1) is 0 Å². The third-order valence-corrected chi connectivity index (χ3v) is 2.00. The molecule has 88 valence electrons. The number of nitrogens with one attached hydrogen (secondary N) is 1. The SMILES string of the molecule is CCCNC(=O)CN(C)c1ccnc(N)n1. The fourth-order valence-electron chi connectivity index (χ4n) is 1.19. The van der Waals surface area contributed by atoms with Crippen molar-refractivity contribution in [1.82, 2.24) is 15.3 Å². The lowest BCUT2D eigenvalue weighted by molar-refractivity contribution is -0.119. The molecule has 0 spiro atoms. The van der Waals surface area contributed by atoms with E-state index in [9.17, 15) is 4.79 Å². The molecule has 0 radical (unpaired) electrons. The van der Waals surface area contributed by atoms with Gasteiger partial charge < -0.3 is 16.0 Å². The summed E-state index contributed by atoms with van der Waals surface area (Å²) in [5.74, 6) is 0.819. The van der Waals surface area contributed by atoms with E-state index in [0.717, 1.165) is 6.42 Å². The molecule has 3 N–H and O–H groups in total. The van der Waals surface area contributed by atoms with Crippen LogP contribution in [-0.4, -0.2) is 36.0 Å². The van der Waals surface area contributed by atoms with E-state index in [1.807, 2.05) is 6.92 Å². The highest BCUT2D eigenvalue weighted by Crippen LogP contribution is 2.07. The second kappa shape index (κ2) is 5.89. The van der Waals surface area contributed by atoms with Crippen LogP contribution in [0.5, 0.6) is 0 Å². The quantitative estimate of drug-likeness (QED) is 0.735. The van der Waals surface area contributed by atoms with Crippen molar-refractivity contribution in [2.45, 2.75) is 13.3 Å². The molecule has 16 heavy (non-hydrogen) atoms. The number of hydrogen-bond acceptors (Lipinski definition) is 5. The predicted octanol–water partition coefficient (Wildman–Crippen LogP) is 0.0212. The van der Waals surface area contributed by atoms with Crippen LogP contribution >= 0.6 is 0 Å². The Morgan fingerprint density at radius 2 is 2.38 bits per heavy atom. The van der Waals surface area contributed by atoms with Gasteiger partial charge >= 0.3 is 0 Å². The molecule has 0 saturated heterocycles. The van der Waals surface area contributed by atoms with Gasteiger partial charge in [0, 0.05) is 19.8 Å². The Bertz CT molecular complexity index is 355. The fourth-order valence-corrected chi connectivity index (χ4v) is 1.19. The van der Waals surface area contributed by atoms with E-state index in [1.165, 1.54) is 0 Å². The molecule has 0 aliphatic rings. The van der Waals surface area contributed by atoms with Crippen molar-refractivity contribution in [1.29, 1.82) is 0 Å². The molecular weight excluding hydrogens is 206 g/mol. The van der Waals surface area contributed by atoms with Gasteiger partial charge in [0.05, 0.1) is 6.54 Å². The first-order valence-electron chi connectivity index (χ1n) is 5.20. The number of nitrogen functional groups attached to an aromatic ring is 1. The van der Waals surface area contributed by atoms with Crippen LogP contribution < -0.4 is 16.0 Å². The van der Waals surface area contributed by atoms with Crippen LogP contribution in [0.1, 0.15) is 13.3 Å². The van der Waals surface area contributed by atoms with Gasteiger partial charge in [0.2, 0.25) is 11.9 Å². The molecule has 0 unspecified atom stereocenters. The number of carbonyl (C=O) groups excluding carboxylic acids is 1. The molecule has 1 heterocycles.